The van der Waals surface area contributed by atoms with Crippen LogP contribution in [0.15, 0.2) is 12.2 Å². The molecule has 3 unspecified atom stereocenters. The fraction of sp³-hybridized carbons (Fsp3) is 0.900. The van der Waals surface area contributed by atoms with Gasteiger partial charge >= 0.3 is 5.97 Å². The van der Waals surface area contributed by atoms with Crippen LogP contribution in [0.3, 0.4) is 0 Å². The maximum absolute atomic E-state index is 11.5. The van der Waals surface area contributed by atoms with Gasteiger partial charge in [0.2, 0.25) is 0 Å². The zero-order valence-electron chi connectivity index (χ0n) is 24.8. The molecule has 0 bridgehead atoms. The summed E-state index contributed by atoms with van der Waals surface area (Å²) >= 11 is 0. The number of carbonyl (C=O) groups excluding carboxylic acids is 1. The Balaban J connectivity index is 1.82. The lowest BCUT2D eigenvalue weighted by Gasteiger charge is -2.42. The highest BCUT2D eigenvalue weighted by Gasteiger charge is 2.52. The lowest BCUT2D eigenvalue weighted by Crippen LogP contribution is -2.47. The first-order valence-corrected chi connectivity index (χ1v) is 17.9. The van der Waals surface area contributed by atoms with Gasteiger partial charge in [-0.3, -0.25) is 4.79 Å². The topological polar surface area (TPSA) is 72.5 Å². The predicted octanol–water partition coefficient (Wildman–Crippen LogP) is 6.15. The first-order valence-electron chi connectivity index (χ1n) is 15.1. The van der Waals surface area contributed by atoms with Crippen molar-refractivity contribution in [3.63, 3.8) is 0 Å². The van der Waals surface area contributed by atoms with E-state index in [-0.39, 0.29) is 54.1 Å². The van der Waals surface area contributed by atoms with E-state index in [9.17, 15) is 4.79 Å². The van der Waals surface area contributed by atoms with Crippen LogP contribution in [0, 0.1) is 17.3 Å². The number of methoxy groups -OCH3 is 1. The second kappa shape index (κ2) is 15.9. The van der Waals surface area contributed by atoms with Crippen LogP contribution < -0.4 is 0 Å². The summed E-state index contributed by atoms with van der Waals surface area (Å²) in [5.41, 5.74) is -0.0321. The smallest absolute Gasteiger partial charge is 0.305 e. The second-order valence-corrected chi connectivity index (χ2v) is 14.9. The summed E-state index contributed by atoms with van der Waals surface area (Å²) in [7, 11) is 0.133. The van der Waals surface area contributed by atoms with Gasteiger partial charge in [-0.15, -0.1) is 0 Å². The van der Waals surface area contributed by atoms with E-state index in [2.05, 4.69) is 46.0 Å². The lowest BCUT2D eigenvalue weighted by molar-refractivity contribution is -0.207. The van der Waals surface area contributed by atoms with Gasteiger partial charge in [0.1, 0.15) is 0 Å². The summed E-state index contributed by atoms with van der Waals surface area (Å²) in [6.45, 7) is 12.9. The number of esters is 1. The average molecular weight is 555 g/mol. The number of carbonyl (C=O) groups is 1. The van der Waals surface area contributed by atoms with Gasteiger partial charge in [-0.1, -0.05) is 32.9 Å². The van der Waals surface area contributed by atoms with Crippen LogP contribution in [0.1, 0.15) is 91.4 Å². The van der Waals surface area contributed by atoms with Crippen LogP contribution in [0.5, 0.6) is 0 Å². The lowest BCUT2D eigenvalue weighted by atomic mass is 9.75. The van der Waals surface area contributed by atoms with Gasteiger partial charge in [0.25, 0.3) is 0 Å². The molecule has 2 saturated heterocycles. The summed E-state index contributed by atoms with van der Waals surface area (Å²) < 4.78 is 37.2. The van der Waals surface area contributed by atoms with Crippen LogP contribution in [0.25, 0.3) is 0 Å². The largest absolute Gasteiger partial charge is 0.469 e. The predicted molar refractivity (Wildman–Crippen MR) is 151 cm³/mol. The Bertz CT molecular complexity index is 710. The van der Waals surface area contributed by atoms with Crippen molar-refractivity contribution >= 4 is 15.0 Å². The Hall–Kier alpha value is -0.773. The van der Waals surface area contributed by atoms with Crippen molar-refractivity contribution in [2.75, 3.05) is 20.3 Å². The van der Waals surface area contributed by atoms with Gasteiger partial charge in [-0.2, -0.15) is 0 Å². The molecule has 0 spiro atoms. The summed E-state index contributed by atoms with van der Waals surface area (Å²) in [5.74, 6) is 0.301. The normalized spacial score (nSPS) is 31.7. The quantitative estimate of drug-likeness (QED) is 0.117. The molecule has 0 amide bonds. The summed E-state index contributed by atoms with van der Waals surface area (Å²) in [5, 5.41) is 0. The molecule has 0 N–H and O–H groups in total. The molecule has 2 heterocycles. The molecule has 7 atom stereocenters. The van der Waals surface area contributed by atoms with Crippen molar-refractivity contribution in [1.29, 1.82) is 0 Å². The van der Waals surface area contributed by atoms with E-state index in [1.807, 2.05) is 0 Å². The van der Waals surface area contributed by atoms with E-state index in [4.69, 9.17) is 28.1 Å². The number of unbranched alkanes of at least 4 members (excludes halogenated alkanes) is 1. The molecule has 2 aliphatic heterocycles. The molecule has 1 saturated carbocycles. The zero-order valence-corrected chi connectivity index (χ0v) is 26.0. The van der Waals surface area contributed by atoms with Gasteiger partial charge in [0.05, 0.1) is 25.4 Å². The first kappa shape index (κ1) is 31.8. The molecule has 3 rings (SSSR count). The maximum atomic E-state index is 11.5. The third kappa shape index (κ3) is 10.0. The molecule has 0 radical (unpaired) electrons. The Morgan fingerprint density at radius 2 is 1.61 bits per heavy atom. The molecule has 0 aromatic carbocycles. The Morgan fingerprint density at radius 3 is 2.13 bits per heavy atom. The van der Waals surface area contributed by atoms with Crippen molar-refractivity contribution in [2.24, 2.45) is 17.3 Å². The summed E-state index contributed by atoms with van der Waals surface area (Å²) in [6.07, 6.45) is 14.6. The van der Waals surface area contributed by atoms with Crippen LogP contribution >= 0.6 is 0 Å². The number of hydrogen-bond donors (Lipinski definition) is 0. The molecule has 38 heavy (non-hydrogen) atoms. The standard InChI is InChI=1S/C30H54O7Si/c1-30(2,3)29(37-38(5)6)28-22(15-9-7-8-10-16-25(31)32-4)23(35-26-17-11-13-19-33-26)21-24(28)36-27-18-12-14-20-34-27/h7,9,22-24,26-29,38H,8,10-21H2,1-6H3/t22-,23-,24+,26?,27?,28-,29?/m0/s1. The van der Waals surface area contributed by atoms with Crippen LogP contribution in [-0.4, -0.2) is 66.2 Å². The van der Waals surface area contributed by atoms with E-state index in [0.29, 0.717) is 6.42 Å². The highest BCUT2D eigenvalue weighted by molar-refractivity contribution is 6.48. The third-order valence-corrected chi connectivity index (χ3v) is 8.81. The van der Waals surface area contributed by atoms with E-state index in [1.165, 1.54) is 7.11 Å². The number of allylic oxidation sites excluding steroid dienone is 2. The molecule has 3 aliphatic rings. The SMILES string of the molecule is COC(=O)CCCC=CC[C@@H]1[C@H](C(O[SiH](C)C)C(C)(C)C)[C@H](OC2CCCCO2)C[C@@H]1OC1CCCCO1. The average Bonchev–Trinajstić information content (AvgIpc) is 3.20. The Labute approximate surface area is 233 Å². The summed E-state index contributed by atoms with van der Waals surface area (Å²) in [6, 6.07) is 0. The minimum Gasteiger partial charge on any atom is -0.469 e. The third-order valence-electron chi connectivity index (χ3n) is 7.97. The first-order chi connectivity index (χ1) is 18.2. The van der Waals surface area contributed by atoms with Crippen molar-refractivity contribution < 1.29 is 32.9 Å². The molecular formula is C30H54O7Si. The molecule has 1 aliphatic carbocycles. The minimum absolute atomic E-state index is 0.0152. The van der Waals surface area contributed by atoms with E-state index in [0.717, 1.165) is 77.4 Å². The molecule has 220 valence electrons. The second-order valence-electron chi connectivity index (χ2n) is 12.6. The molecule has 8 heteroatoms. The molecule has 7 nitrogen and oxygen atoms in total. The molecular weight excluding hydrogens is 500 g/mol. The minimum atomic E-state index is -1.31. The number of rotatable bonds is 13. The molecule has 0 aromatic rings. The van der Waals surface area contributed by atoms with E-state index in [1.54, 1.807) is 0 Å². The van der Waals surface area contributed by atoms with Gasteiger partial charge < -0.3 is 28.1 Å². The maximum Gasteiger partial charge on any atom is 0.305 e. The van der Waals surface area contributed by atoms with Crippen molar-refractivity contribution in [2.45, 2.75) is 135 Å². The van der Waals surface area contributed by atoms with Gasteiger partial charge in [0, 0.05) is 32.0 Å². The fourth-order valence-electron chi connectivity index (χ4n) is 6.15. The molecule has 0 aromatic heterocycles. The highest BCUT2D eigenvalue weighted by Crippen LogP contribution is 2.47. The van der Waals surface area contributed by atoms with E-state index < -0.39 is 9.04 Å². The van der Waals surface area contributed by atoms with Crippen LogP contribution in [0.2, 0.25) is 13.1 Å². The monoisotopic (exact) mass is 554 g/mol. The molecule has 3 fully saturated rings. The van der Waals surface area contributed by atoms with Crippen LogP contribution in [-0.2, 0) is 32.9 Å². The van der Waals surface area contributed by atoms with Crippen LogP contribution in [0.4, 0.5) is 0 Å². The Morgan fingerprint density at radius 1 is 0.974 bits per heavy atom. The summed E-state index contributed by atoms with van der Waals surface area (Å²) in [4.78, 5) is 11.5. The number of hydrogen-bond acceptors (Lipinski definition) is 7. The number of ether oxygens (including phenoxy) is 5. The van der Waals surface area contributed by atoms with Gasteiger partial charge in [-0.25, -0.2) is 0 Å². The van der Waals surface area contributed by atoms with Crippen molar-refractivity contribution in [3.05, 3.63) is 12.2 Å². The Kier molecular flexibility index (Phi) is 13.3. The van der Waals surface area contributed by atoms with Gasteiger partial charge in [-0.05, 0) is 82.2 Å². The zero-order chi connectivity index (χ0) is 27.5. The fourth-order valence-corrected chi connectivity index (χ4v) is 7.32. The van der Waals surface area contributed by atoms with Crippen molar-refractivity contribution in [1.82, 2.24) is 0 Å². The highest BCUT2D eigenvalue weighted by atomic mass is 28.3. The van der Waals surface area contributed by atoms with E-state index >= 15 is 0 Å². The van der Waals surface area contributed by atoms with Gasteiger partial charge in [0.15, 0.2) is 21.6 Å². The van der Waals surface area contributed by atoms with Crippen molar-refractivity contribution in [3.8, 4) is 0 Å².